The van der Waals surface area contributed by atoms with Gasteiger partial charge >= 0.3 is 0 Å². The van der Waals surface area contributed by atoms with Crippen LogP contribution in [0.5, 0.6) is 0 Å². The molecule has 1 aliphatic carbocycles. The SMILES string of the molecule is CC(C)(C)c1ccc(-c2c3ccc(-n4c5ccccc5c5ccccc54)cc3c(-c3ccc(C(C)(C)C)cc3)c3ccc(-n4c5c(c6ccccc64)C=CCC5)cc23)cc1. The highest BCUT2D eigenvalue weighted by molar-refractivity contribution is 6.22. The Morgan fingerprint density at radius 3 is 1.32 bits per heavy atom. The van der Waals surface area contributed by atoms with E-state index in [-0.39, 0.29) is 10.8 Å². The maximum atomic E-state index is 2.54. The molecule has 1 aliphatic rings. The summed E-state index contributed by atoms with van der Waals surface area (Å²) in [7, 11) is 0. The summed E-state index contributed by atoms with van der Waals surface area (Å²) in [5, 5.41) is 8.89. The first-order chi connectivity index (χ1) is 29.0. The van der Waals surface area contributed by atoms with Crippen molar-refractivity contribution in [3.63, 3.8) is 0 Å². The first-order valence-corrected chi connectivity index (χ1v) is 21.6. The molecule has 8 aromatic carbocycles. The van der Waals surface area contributed by atoms with Crippen molar-refractivity contribution in [3.8, 4) is 33.6 Å². The Morgan fingerprint density at radius 2 is 0.833 bits per heavy atom. The number of nitrogens with zero attached hydrogens (tertiary/aromatic N) is 2. The highest BCUT2D eigenvalue weighted by atomic mass is 15.0. The molecule has 0 saturated carbocycles. The Labute approximate surface area is 353 Å². The maximum absolute atomic E-state index is 2.54. The molecular weight excluding hydrogens is 725 g/mol. The van der Waals surface area contributed by atoms with E-state index < -0.39 is 0 Å². The van der Waals surface area contributed by atoms with E-state index in [9.17, 15) is 0 Å². The zero-order valence-corrected chi connectivity index (χ0v) is 35.5. The van der Waals surface area contributed by atoms with Crippen LogP contribution in [0, 0.1) is 0 Å². The second kappa shape index (κ2) is 13.4. The predicted molar refractivity (Wildman–Crippen MR) is 258 cm³/mol. The van der Waals surface area contributed by atoms with Crippen LogP contribution < -0.4 is 0 Å². The Bertz CT molecular complexity index is 3300. The third-order valence-corrected chi connectivity index (χ3v) is 13.1. The van der Waals surface area contributed by atoms with Crippen molar-refractivity contribution < 1.29 is 0 Å². The quantitative estimate of drug-likeness (QED) is 0.158. The molecule has 10 aromatic rings. The number of aromatic nitrogens is 2. The molecule has 11 rings (SSSR count). The van der Waals surface area contributed by atoms with Gasteiger partial charge in [0.05, 0.1) is 16.6 Å². The second-order valence-electron chi connectivity index (χ2n) is 18.9. The van der Waals surface area contributed by atoms with Crippen LogP contribution in [-0.2, 0) is 17.3 Å². The Hall–Kier alpha value is -6.64. The van der Waals surface area contributed by atoms with Gasteiger partial charge in [0.1, 0.15) is 0 Å². The summed E-state index contributed by atoms with van der Waals surface area (Å²) < 4.78 is 4.99. The highest BCUT2D eigenvalue weighted by Crippen LogP contribution is 2.47. The first-order valence-electron chi connectivity index (χ1n) is 21.6. The molecule has 0 bridgehead atoms. The summed E-state index contributed by atoms with van der Waals surface area (Å²) in [5.74, 6) is 0. The average molecular weight is 775 g/mol. The number of hydrogen-bond donors (Lipinski definition) is 0. The summed E-state index contributed by atoms with van der Waals surface area (Å²) >= 11 is 0. The lowest BCUT2D eigenvalue weighted by Crippen LogP contribution is -2.10. The second-order valence-corrected chi connectivity index (χ2v) is 18.9. The van der Waals surface area contributed by atoms with Crippen molar-refractivity contribution in [2.24, 2.45) is 0 Å². The normalized spacial score (nSPS) is 13.3. The Morgan fingerprint density at radius 1 is 0.400 bits per heavy atom. The third kappa shape index (κ3) is 5.69. The van der Waals surface area contributed by atoms with Crippen LogP contribution in [0.15, 0.2) is 164 Å². The fourth-order valence-electron chi connectivity index (χ4n) is 10.0. The number of allylic oxidation sites excluding steroid dienone is 1. The van der Waals surface area contributed by atoms with Gasteiger partial charge in [0.2, 0.25) is 0 Å². The summed E-state index contributed by atoms with van der Waals surface area (Å²) in [5.41, 5.74) is 16.6. The molecule has 292 valence electrons. The van der Waals surface area contributed by atoms with E-state index in [4.69, 9.17) is 0 Å². The molecular formula is C58H50N2. The molecule has 2 heterocycles. The zero-order chi connectivity index (χ0) is 40.9. The highest BCUT2D eigenvalue weighted by Gasteiger charge is 2.24. The first kappa shape index (κ1) is 36.4. The van der Waals surface area contributed by atoms with E-state index >= 15 is 0 Å². The maximum Gasteiger partial charge on any atom is 0.0541 e. The van der Waals surface area contributed by atoms with Crippen molar-refractivity contribution >= 4 is 60.3 Å². The Kier molecular flexibility index (Phi) is 8.16. The number of benzene rings is 8. The molecule has 0 unspecified atom stereocenters. The molecule has 0 saturated heterocycles. The van der Waals surface area contributed by atoms with Crippen molar-refractivity contribution in [3.05, 3.63) is 186 Å². The summed E-state index contributed by atoms with van der Waals surface area (Å²) in [6.45, 7) is 13.8. The summed E-state index contributed by atoms with van der Waals surface area (Å²) in [6.07, 6.45) is 6.74. The van der Waals surface area contributed by atoms with Gasteiger partial charge in [-0.15, -0.1) is 0 Å². The van der Waals surface area contributed by atoms with E-state index in [1.165, 1.54) is 105 Å². The number of para-hydroxylation sites is 3. The van der Waals surface area contributed by atoms with E-state index in [1.54, 1.807) is 0 Å². The van der Waals surface area contributed by atoms with Crippen LogP contribution in [0.3, 0.4) is 0 Å². The average Bonchev–Trinajstić information content (AvgIpc) is 3.78. The number of hydrogen-bond acceptors (Lipinski definition) is 0. The fourth-order valence-corrected chi connectivity index (χ4v) is 10.0. The van der Waals surface area contributed by atoms with E-state index in [0.29, 0.717) is 0 Å². The van der Waals surface area contributed by atoms with Crippen LogP contribution >= 0.6 is 0 Å². The van der Waals surface area contributed by atoms with Crippen LogP contribution in [-0.4, -0.2) is 9.13 Å². The van der Waals surface area contributed by atoms with Gasteiger partial charge in [0.15, 0.2) is 0 Å². The van der Waals surface area contributed by atoms with Gasteiger partial charge in [-0.2, -0.15) is 0 Å². The molecule has 0 N–H and O–H groups in total. The summed E-state index contributed by atoms with van der Waals surface area (Å²) in [4.78, 5) is 0. The molecule has 0 atom stereocenters. The van der Waals surface area contributed by atoms with Crippen molar-refractivity contribution in [2.45, 2.75) is 65.2 Å². The lowest BCUT2D eigenvalue weighted by molar-refractivity contribution is 0.590. The standard InChI is InChI=1S/C58H50N2/c1-57(2,3)39-27-23-37(24-28-39)55-47-33-31-42(60-53-21-13-9-17-45(53)46-18-10-14-22-54(46)60)36-50(47)56(38-25-29-40(30-26-38)58(4,5)6)48-34-32-41(35-49(48)55)59-51-19-11-7-15-43(51)44-16-8-12-20-52(44)59/h7-13,15-21,23-36H,14,22H2,1-6H3. The van der Waals surface area contributed by atoms with Gasteiger partial charge in [-0.25, -0.2) is 0 Å². The minimum absolute atomic E-state index is 0.0538. The van der Waals surface area contributed by atoms with Crippen LogP contribution in [0.25, 0.3) is 94.0 Å². The molecule has 0 aliphatic heterocycles. The molecule has 0 radical (unpaired) electrons. The lowest BCUT2D eigenvalue weighted by atomic mass is 9.82. The van der Waals surface area contributed by atoms with E-state index in [0.717, 1.165) is 18.5 Å². The smallest absolute Gasteiger partial charge is 0.0541 e. The van der Waals surface area contributed by atoms with Gasteiger partial charge in [0, 0.05) is 38.8 Å². The molecule has 2 nitrogen and oxygen atoms in total. The van der Waals surface area contributed by atoms with Gasteiger partial charge in [0.25, 0.3) is 0 Å². The van der Waals surface area contributed by atoms with Crippen LogP contribution in [0.2, 0.25) is 0 Å². The van der Waals surface area contributed by atoms with Gasteiger partial charge in [-0.3, -0.25) is 0 Å². The Balaban J connectivity index is 1.27. The van der Waals surface area contributed by atoms with Crippen LogP contribution in [0.4, 0.5) is 0 Å². The van der Waals surface area contributed by atoms with Gasteiger partial charge in [-0.1, -0.05) is 169 Å². The monoisotopic (exact) mass is 774 g/mol. The topological polar surface area (TPSA) is 9.86 Å². The van der Waals surface area contributed by atoms with Crippen LogP contribution in [0.1, 0.15) is 70.3 Å². The van der Waals surface area contributed by atoms with Gasteiger partial charge in [-0.05, 0) is 121 Å². The molecule has 2 aromatic heterocycles. The molecule has 0 fully saturated rings. The minimum atomic E-state index is 0.0538. The predicted octanol–water partition coefficient (Wildman–Crippen LogP) is 15.9. The van der Waals surface area contributed by atoms with Gasteiger partial charge < -0.3 is 9.13 Å². The van der Waals surface area contributed by atoms with E-state index in [1.807, 2.05) is 0 Å². The lowest BCUT2D eigenvalue weighted by Gasteiger charge is -2.23. The zero-order valence-electron chi connectivity index (χ0n) is 35.5. The van der Waals surface area contributed by atoms with Crippen molar-refractivity contribution in [2.75, 3.05) is 0 Å². The third-order valence-electron chi connectivity index (χ3n) is 13.1. The van der Waals surface area contributed by atoms with Crippen molar-refractivity contribution in [1.82, 2.24) is 9.13 Å². The molecule has 2 heteroatoms. The van der Waals surface area contributed by atoms with E-state index in [2.05, 4.69) is 221 Å². The fraction of sp³-hybridized carbons (Fsp3) is 0.172. The molecule has 0 amide bonds. The minimum Gasteiger partial charge on any atom is -0.313 e. The number of rotatable bonds is 4. The largest absolute Gasteiger partial charge is 0.313 e. The number of fused-ring (bicyclic) bond motifs is 8. The molecule has 0 spiro atoms. The van der Waals surface area contributed by atoms with Crippen molar-refractivity contribution in [1.29, 1.82) is 0 Å². The summed E-state index contributed by atoms with van der Waals surface area (Å²) in [6, 6.07) is 59.8. The molecule has 60 heavy (non-hydrogen) atoms.